The second-order valence-corrected chi connectivity index (χ2v) is 5.84. The van der Waals surface area contributed by atoms with E-state index in [0.717, 1.165) is 6.54 Å². The summed E-state index contributed by atoms with van der Waals surface area (Å²) in [6.45, 7) is 11.5. The van der Waals surface area contributed by atoms with Gasteiger partial charge in [0.2, 0.25) is 5.91 Å². The molecule has 3 nitrogen and oxygen atoms in total. The Morgan fingerprint density at radius 1 is 1.31 bits per heavy atom. The molecule has 1 aliphatic rings. The van der Waals surface area contributed by atoms with Crippen molar-refractivity contribution >= 4 is 5.91 Å². The third kappa shape index (κ3) is 1.41. The molecule has 94 valence electrons. The zero-order valence-electron chi connectivity index (χ0n) is 11.5. The zero-order chi connectivity index (χ0) is 12.7. The SMILES string of the molecule is CCC1(N)C(=O)N(C)CC1(C(C)C)C(C)C. The van der Waals surface area contributed by atoms with Gasteiger partial charge in [0, 0.05) is 19.0 Å². The monoisotopic (exact) mass is 226 g/mol. The minimum atomic E-state index is -0.690. The lowest BCUT2D eigenvalue weighted by Gasteiger charge is -2.47. The normalized spacial score (nSPS) is 29.6. The molecule has 0 spiro atoms. The van der Waals surface area contributed by atoms with Gasteiger partial charge in [-0.25, -0.2) is 0 Å². The molecule has 3 heteroatoms. The zero-order valence-corrected chi connectivity index (χ0v) is 11.5. The maximum atomic E-state index is 12.3. The van der Waals surface area contributed by atoms with E-state index in [9.17, 15) is 4.79 Å². The lowest BCUT2D eigenvalue weighted by atomic mass is 9.58. The molecule has 0 aromatic heterocycles. The standard InChI is InChI=1S/C13H26N2O/c1-7-13(14)11(16)15(6)8-12(13,9(2)3)10(4)5/h9-10H,7-8,14H2,1-6H3. The fourth-order valence-corrected chi connectivity index (χ4v) is 3.69. The summed E-state index contributed by atoms with van der Waals surface area (Å²) in [7, 11) is 1.87. The first-order valence-electron chi connectivity index (χ1n) is 6.28. The summed E-state index contributed by atoms with van der Waals surface area (Å²) in [6.07, 6.45) is 0.715. The molecule has 2 N–H and O–H groups in total. The van der Waals surface area contributed by atoms with Crippen molar-refractivity contribution in [2.24, 2.45) is 23.0 Å². The molecule has 1 saturated heterocycles. The molecule has 0 aliphatic carbocycles. The van der Waals surface area contributed by atoms with Crippen molar-refractivity contribution in [3.05, 3.63) is 0 Å². The highest BCUT2D eigenvalue weighted by atomic mass is 16.2. The van der Waals surface area contributed by atoms with Crippen LogP contribution in [0.15, 0.2) is 0 Å². The molecular weight excluding hydrogens is 200 g/mol. The Labute approximate surface area is 99.4 Å². The minimum absolute atomic E-state index is 0.104. The van der Waals surface area contributed by atoms with E-state index in [2.05, 4.69) is 27.7 Å². The second-order valence-electron chi connectivity index (χ2n) is 5.84. The Bertz CT molecular complexity index is 278. The average molecular weight is 226 g/mol. The Kier molecular flexibility index (Phi) is 3.39. The number of hydrogen-bond acceptors (Lipinski definition) is 2. The van der Waals surface area contributed by atoms with Crippen LogP contribution in [-0.4, -0.2) is 29.9 Å². The Morgan fingerprint density at radius 2 is 1.75 bits per heavy atom. The smallest absolute Gasteiger partial charge is 0.243 e. The van der Waals surface area contributed by atoms with Gasteiger partial charge in [0.25, 0.3) is 0 Å². The highest BCUT2D eigenvalue weighted by Gasteiger charge is 2.62. The summed E-state index contributed by atoms with van der Waals surface area (Å²) in [5, 5.41) is 0. The summed E-state index contributed by atoms with van der Waals surface area (Å²) in [4.78, 5) is 14.1. The van der Waals surface area contributed by atoms with Crippen LogP contribution in [0.3, 0.4) is 0 Å². The van der Waals surface area contributed by atoms with E-state index in [4.69, 9.17) is 5.73 Å². The fraction of sp³-hybridized carbons (Fsp3) is 0.923. The van der Waals surface area contributed by atoms with Gasteiger partial charge in [-0.3, -0.25) is 4.79 Å². The number of likely N-dealkylation sites (tertiary alicyclic amines) is 1. The van der Waals surface area contributed by atoms with Crippen LogP contribution >= 0.6 is 0 Å². The molecule has 1 rings (SSSR count). The summed E-state index contributed by atoms with van der Waals surface area (Å²) >= 11 is 0. The largest absolute Gasteiger partial charge is 0.343 e. The van der Waals surface area contributed by atoms with Crippen molar-refractivity contribution in [2.75, 3.05) is 13.6 Å². The van der Waals surface area contributed by atoms with Gasteiger partial charge in [0.15, 0.2) is 0 Å². The van der Waals surface area contributed by atoms with Crippen LogP contribution in [0.25, 0.3) is 0 Å². The van der Waals surface area contributed by atoms with Gasteiger partial charge in [-0.05, 0) is 18.3 Å². The Morgan fingerprint density at radius 3 is 2.00 bits per heavy atom. The van der Waals surface area contributed by atoms with E-state index >= 15 is 0 Å². The van der Waals surface area contributed by atoms with E-state index in [1.165, 1.54) is 0 Å². The number of carbonyl (C=O) groups excluding carboxylic acids is 1. The van der Waals surface area contributed by atoms with Gasteiger partial charge in [-0.2, -0.15) is 0 Å². The molecule has 16 heavy (non-hydrogen) atoms. The molecule has 1 heterocycles. The van der Waals surface area contributed by atoms with Crippen LogP contribution < -0.4 is 5.73 Å². The van der Waals surface area contributed by atoms with Gasteiger partial charge in [0.1, 0.15) is 5.54 Å². The van der Waals surface area contributed by atoms with Crippen molar-refractivity contribution in [2.45, 2.75) is 46.6 Å². The molecular formula is C13H26N2O. The molecule has 0 radical (unpaired) electrons. The van der Waals surface area contributed by atoms with Crippen LogP contribution in [0.2, 0.25) is 0 Å². The third-order valence-corrected chi connectivity index (χ3v) is 4.68. The molecule has 0 aromatic rings. The number of rotatable bonds is 3. The fourth-order valence-electron chi connectivity index (χ4n) is 3.69. The number of likely N-dealkylation sites (N-methyl/N-ethyl adjacent to an activating group) is 1. The molecule has 1 atom stereocenters. The van der Waals surface area contributed by atoms with E-state index in [0.29, 0.717) is 18.3 Å². The maximum absolute atomic E-state index is 12.3. The first-order chi connectivity index (χ1) is 7.24. The lowest BCUT2D eigenvalue weighted by molar-refractivity contribution is -0.133. The van der Waals surface area contributed by atoms with Gasteiger partial charge in [-0.15, -0.1) is 0 Å². The molecule has 1 unspecified atom stereocenters. The summed E-state index contributed by atoms with van der Waals surface area (Å²) in [5.74, 6) is 0.926. The maximum Gasteiger partial charge on any atom is 0.243 e. The van der Waals surface area contributed by atoms with Crippen molar-refractivity contribution in [1.82, 2.24) is 4.90 Å². The highest BCUT2D eigenvalue weighted by molar-refractivity contribution is 5.89. The van der Waals surface area contributed by atoms with Gasteiger partial charge < -0.3 is 10.6 Å². The van der Waals surface area contributed by atoms with Crippen LogP contribution in [0.4, 0.5) is 0 Å². The van der Waals surface area contributed by atoms with Crippen molar-refractivity contribution in [3.63, 3.8) is 0 Å². The van der Waals surface area contributed by atoms with Crippen molar-refractivity contribution in [1.29, 1.82) is 0 Å². The van der Waals surface area contributed by atoms with Gasteiger partial charge in [-0.1, -0.05) is 34.6 Å². The second kappa shape index (κ2) is 4.02. The molecule has 0 bridgehead atoms. The predicted molar refractivity (Wildman–Crippen MR) is 67.0 cm³/mol. The molecule has 0 saturated carbocycles. The molecule has 0 aromatic carbocycles. The quantitative estimate of drug-likeness (QED) is 0.798. The number of nitrogens with zero attached hydrogens (tertiary/aromatic N) is 1. The minimum Gasteiger partial charge on any atom is -0.343 e. The summed E-state index contributed by atoms with van der Waals surface area (Å²) < 4.78 is 0. The third-order valence-electron chi connectivity index (χ3n) is 4.68. The van der Waals surface area contributed by atoms with E-state index in [-0.39, 0.29) is 11.3 Å². The van der Waals surface area contributed by atoms with Gasteiger partial charge >= 0.3 is 0 Å². The van der Waals surface area contributed by atoms with E-state index in [1.807, 2.05) is 18.9 Å². The van der Waals surface area contributed by atoms with E-state index in [1.54, 1.807) is 0 Å². The summed E-state index contributed by atoms with van der Waals surface area (Å²) in [6, 6.07) is 0. The number of nitrogens with two attached hydrogens (primary N) is 1. The van der Waals surface area contributed by atoms with Gasteiger partial charge in [0.05, 0.1) is 0 Å². The number of amides is 1. The molecule has 1 aliphatic heterocycles. The van der Waals surface area contributed by atoms with Crippen LogP contribution in [0.1, 0.15) is 41.0 Å². The predicted octanol–water partition coefficient (Wildman–Crippen LogP) is 1.86. The van der Waals surface area contributed by atoms with Crippen LogP contribution in [0.5, 0.6) is 0 Å². The van der Waals surface area contributed by atoms with Crippen LogP contribution in [-0.2, 0) is 4.79 Å². The first kappa shape index (κ1) is 13.5. The average Bonchev–Trinajstić information content (AvgIpc) is 2.41. The van der Waals surface area contributed by atoms with E-state index < -0.39 is 5.54 Å². The Balaban J connectivity index is 3.33. The summed E-state index contributed by atoms with van der Waals surface area (Å²) in [5.41, 5.74) is 5.69. The number of hydrogen-bond donors (Lipinski definition) is 1. The molecule has 1 amide bonds. The number of carbonyl (C=O) groups is 1. The lowest BCUT2D eigenvalue weighted by Crippen LogP contribution is -2.61. The molecule has 1 fully saturated rings. The van der Waals surface area contributed by atoms with Crippen LogP contribution in [0, 0.1) is 17.3 Å². The highest BCUT2D eigenvalue weighted by Crippen LogP contribution is 2.50. The first-order valence-corrected chi connectivity index (χ1v) is 6.28. The van der Waals surface area contributed by atoms with Crippen molar-refractivity contribution in [3.8, 4) is 0 Å². The van der Waals surface area contributed by atoms with Crippen molar-refractivity contribution < 1.29 is 4.79 Å². The topological polar surface area (TPSA) is 46.3 Å². The Hall–Kier alpha value is -0.570.